The van der Waals surface area contributed by atoms with E-state index >= 15 is 0 Å². The molecule has 0 N–H and O–H groups in total. The molecule has 5 heteroatoms. The predicted octanol–water partition coefficient (Wildman–Crippen LogP) is 2.41. The van der Waals surface area contributed by atoms with Crippen LogP contribution in [0.5, 0.6) is 0 Å². The standard InChI is InChI=1S/C14H19ClN4/c1-11(9-18(2)3)14-16-6-7-19(14)10-12-4-5-13(15)17-8-12/h4-5,8-9H,6-7,10H2,1-3H3/b11-9-. The van der Waals surface area contributed by atoms with Gasteiger partial charge in [-0.2, -0.15) is 0 Å². The number of hydrogen-bond donors (Lipinski definition) is 0. The van der Waals surface area contributed by atoms with Crippen molar-refractivity contribution in [3.8, 4) is 0 Å². The first-order valence-electron chi connectivity index (χ1n) is 6.31. The summed E-state index contributed by atoms with van der Waals surface area (Å²) in [7, 11) is 4.04. The quantitative estimate of drug-likeness (QED) is 0.793. The van der Waals surface area contributed by atoms with Crippen molar-refractivity contribution in [3.63, 3.8) is 0 Å². The Labute approximate surface area is 119 Å². The number of pyridine rings is 1. The van der Waals surface area contributed by atoms with Crippen molar-refractivity contribution in [2.75, 3.05) is 27.2 Å². The second-order valence-electron chi connectivity index (χ2n) is 4.89. The fraction of sp³-hybridized carbons (Fsp3) is 0.429. The van der Waals surface area contributed by atoms with E-state index in [-0.39, 0.29) is 0 Å². The molecule has 0 saturated carbocycles. The molecule has 1 aliphatic heterocycles. The van der Waals surface area contributed by atoms with Crippen LogP contribution in [0, 0.1) is 0 Å². The van der Waals surface area contributed by atoms with Crippen LogP contribution >= 0.6 is 11.6 Å². The van der Waals surface area contributed by atoms with E-state index < -0.39 is 0 Å². The van der Waals surface area contributed by atoms with E-state index in [0.29, 0.717) is 5.15 Å². The van der Waals surface area contributed by atoms with Gasteiger partial charge in [-0.15, -0.1) is 0 Å². The minimum atomic E-state index is 0.530. The van der Waals surface area contributed by atoms with Gasteiger partial charge in [0, 0.05) is 45.2 Å². The Morgan fingerprint density at radius 2 is 2.26 bits per heavy atom. The molecule has 0 spiro atoms. The number of hydrogen-bond acceptors (Lipinski definition) is 4. The zero-order valence-corrected chi connectivity index (χ0v) is 12.4. The average molecular weight is 279 g/mol. The number of aromatic nitrogens is 1. The van der Waals surface area contributed by atoms with Crippen molar-refractivity contribution < 1.29 is 0 Å². The Kier molecular flexibility index (Phi) is 4.43. The van der Waals surface area contributed by atoms with Gasteiger partial charge >= 0.3 is 0 Å². The van der Waals surface area contributed by atoms with Gasteiger partial charge < -0.3 is 9.80 Å². The first-order valence-corrected chi connectivity index (χ1v) is 6.69. The van der Waals surface area contributed by atoms with Crippen LogP contribution in [0.3, 0.4) is 0 Å². The van der Waals surface area contributed by atoms with Crippen molar-refractivity contribution in [3.05, 3.63) is 40.8 Å². The summed E-state index contributed by atoms with van der Waals surface area (Å²) < 4.78 is 0. The number of halogens is 1. The van der Waals surface area contributed by atoms with Crippen LogP contribution in [0.25, 0.3) is 0 Å². The molecule has 0 saturated heterocycles. The van der Waals surface area contributed by atoms with Gasteiger partial charge in [-0.25, -0.2) is 4.98 Å². The summed E-state index contributed by atoms with van der Waals surface area (Å²) in [6.45, 7) is 4.73. The van der Waals surface area contributed by atoms with Crippen LogP contribution < -0.4 is 0 Å². The molecule has 19 heavy (non-hydrogen) atoms. The van der Waals surface area contributed by atoms with Gasteiger partial charge in [0.1, 0.15) is 11.0 Å². The van der Waals surface area contributed by atoms with Crippen molar-refractivity contribution in [1.82, 2.24) is 14.8 Å². The lowest BCUT2D eigenvalue weighted by Crippen LogP contribution is -2.28. The molecule has 0 radical (unpaired) electrons. The van der Waals surface area contributed by atoms with Gasteiger partial charge in [0.2, 0.25) is 0 Å². The topological polar surface area (TPSA) is 31.7 Å². The fourth-order valence-corrected chi connectivity index (χ4v) is 2.29. The molecule has 2 rings (SSSR count). The third-order valence-corrected chi connectivity index (χ3v) is 3.12. The minimum Gasteiger partial charge on any atom is -0.383 e. The maximum atomic E-state index is 5.80. The van der Waals surface area contributed by atoms with Crippen molar-refractivity contribution >= 4 is 17.4 Å². The van der Waals surface area contributed by atoms with Crippen LogP contribution in [-0.2, 0) is 6.54 Å². The maximum absolute atomic E-state index is 5.80. The monoisotopic (exact) mass is 278 g/mol. The highest BCUT2D eigenvalue weighted by Crippen LogP contribution is 2.15. The first kappa shape index (κ1) is 13.9. The van der Waals surface area contributed by atoms with Crippen molar-refractivity contribution in [1.29, 1.82) is 0 Å². The van der Waals surface area contributed by atoms with Gasteiger partial charge in [-0.3, -0.25) is 4.99 Å². The van der Waals surface area contributed by atoms with Crippen LogP contribution in [-0.4, -0.2) is 47.8 Å². The summed E-state index contributed by atoms with van der Waals surface area (Å²) in [5, 5.41) is 0.530. The number of nitrogens with zero attached hydrogens (tertiary/aromatic N) is 4. The molecule has 1 aromatic heterocycles. The molecule has 0 aromatic carbocycles. The van der Waals surface area contributed by atoms with Crippen molar-refractivity contribution in [2.45, 2.75) is 13.5 Å². The fourth-order valence-electron chi connectivity index (χ4n) is 2.18. The average Bonchev–Trinajstić information content (AvgIpc) is 2.79. The maximum Gasteiger partial charge on any atom is 0.129 e. The Balaban J connectivity index is 2.08. The van der Waals surface area contributed by atoms with Crippen molar-refractivity contribution in [2.24, 2.45) is 4.99 Å². The zero-order chi connectivity index (χ0) is 13.8. The molecule has 0 amide bonds. The molecule has 102 valence electrons. The predicted molar refractivity (Wildman–Crippen MR) is 79.4 cm³/mol. The lowest BCUT2D eigenvalue weighted by molar-refractivity contribution is 0.450. The highest BCUT2D eigenvalue weighted by Gasteiger charge is 2.18. The van der Waals surface area contributed by atoms with Crippen LogP contribution in [0.15, 0.2) is 35.1 Å². The lowest BCUT2D eigenvalue weighted by Gasteiger charge is -2.21. The summed E-state index contributed by atoms with van der Waals surface area (Å²) in [6.07, 6.45) is 3.92. The second-order valence-corrected chi connectivity index (χ2v) is 5.28. The van der Waals surface area contributed by atoms with Crippen LogP contribution in [0.2, 0.25) is 5.15 Å². The third-order valence-electron chi connectivity index (χ3n) is 2.90. The highest BCUT2D eigenvalue weighted by molar-refractivity contribution is 6.29. The molecule has 0 fully saturated rings. The summed E-state index contributed by atoms with van der Waals surface area (Å²) in [5.41, 5.74) is 2.33. The van der Waals surface area contributed by atoms with E-state index in [9.17, 15) is 0 Å². The number of amidine groups is 1. The van der Waals surface area contributed by atoms with Gasteiger partial charge in [-0.1, -0.05) is 17.7 Å². The molecule has 0 atom stereocenters. The summed E-state index contributed by atoms with van der Waals surface area (Å²) >= 11 is 5.80. The Hall–Kier alpha value is -1.55. The third kappa shape index (κ3) is 3.70. The molecule has 0 aliphatic carbocycles. The van der Waals surface area contributed by atoms with E-state index in [1.54, 1.807) is 0 Å². The molecule has 0 bridgehead atoms. The lowest BCUT2D eigenvalue weighted by atomic mass is 10.2. The Morgan fingerprint density at radius 1 is 1.47 bits per heavy atom. The summed E-state index contributed by atoms with van der Waals surface area (Å²) in [4.78, 5) is 13.0. The van der Waals surface area contributed by atoms with E-state index in [1.807, 2.05) is 37.3 Å². The van der Waals surface area contributed by atoms with E-state index in [2.05, 4.69) is 28.0 Å². The molecule has 1 aromatic rings. The van der Waals surface area contributed by atoms with Gasteiger partial charge in [0.25, 0.3) is 0 Å². The SMILES string of the molecule is C/C(=C/N(C)C)C1=NCCN1Cc1ccc(Cl)nc1. The minimum absolute atomic E-state index is 0.530. The highest BCUT2D eigenvalue weighted by atomic mass is 35.5. The number of rotatable bonds is 4. The van der Waals surface area contributed by atoms with Gasteiger partial charge in [0.05, 0.1) is 6.54 Å². The smallest absolute Gasteiger partial charge is 0.129 e. The molecule has 4 nitrogen and oxygen atoms in total. The summed E-state index contributed by atoms with van der Waals surface area (Å²) in [5.74, 6) is 1.07. The molecule has 1 aliphatic rings. The van der Waals surface area contributed by atoms with Crippen LogP contribution in [0.4, 0.5) is 0 Å². The molecule has 0 unspecified atom stereocenters. The summed E-state index contributed by atoms with van der Waals surface area (Å²) in [6, 6.07) is 3.84. The van der Waals surface area contributed by atoms with Gasteiger partial charge in [0.15, 0.2) is 0 Å². The number of aliphatic imine (C=N–C) groups is 1. The molecule has 2 heterocycles. The molecular formula is C14H19ClN4. The largest absolute Gasteiger partial charge is 0.383 e. The second kappa shape index (κ2) is 6.06. The van der Waals surface area contributed by atoms with E-state index in [0.717, 1.165) is 31.0 Å². The zero-order valence-electron chi connectivity index (χ0n) is 11.6. The Morgan fingerprint density at radius 3 is 2.89 bits per heavy atom. The molecular weight excluding hydrogens is 260 g/mol. The van der Waals surface area contributed by atoms with Crippen LogP contribution in [0.1, 0.15) is 12.5 Å². The van der Waals surface area contributed by atoms with E-state index in [1.165, 1.54) is 5.57 Å². The van der Waals surface area contributed by atoms with Gasteiger partial charge in [-0.05, 0) is 18.6 Å². The normalized spacial score (nSPS) is 15.7. The Bertz CT molecular complexity index is 491. The first-order chi connectivity index (χ1) is 9.06. The van der Waals surface area contributed by atoms with E-state index in [4.69, 9.17) is 11.6 Å².